The Balaban J connectivity index is 1.37. The van der Waals surface area contributed by atoms with E-state index < -0.39 is 0 Å². The minimum Gasteiger partial charge on any atom is -0.301 e. The molecule has 32 heavy (non-hydrogen) atoms. The second-order valence-corrected chi connectivity index (χ2v) is 9.05. The molecule has 2 aromatic carbocycles. The molecule has 9 heteroatoms. The van der Waals surface area contributed by atoms with Gasteiger partial charge in [-0.25, -0.2) is 0 Å². The number of benzene rings is 2. The third-order valence-corrected chi connectivity index (χ3v) is 6.86. The Kier molecular flexibility index (Phi) is 4.57. The molecule has 0 amide bonds. The van der Waals surface area contributed by atoms with Crippen molar-refractivity contribution in [3.63, 3.8) is 0 Å². The fourth-order valence-corrected chi connectivity index (χ4v) is 4.94. The summed E-state index contributed by atoms with van der Waals surface area (Å²) in [7, 11) is 1.73. The van der Waals surface area contributed by atoms with Crippen molar-refractivity contribution < 1.29 is 0 Å². The van der Waals surface area contributed by atoms with Crippen LogP contribution in [0.25, 0.3) is 16.7 Å². The van der Waals surface area contributed by atoms with Gasteiger partial charge in [0.05, 0.1) is 23.2 Å². The summed E-state index contributed by atoms with van der Waals surface area (Å²) in [5.41, 5.74) is 1.97. The number of aromatic nitrogens is 7. The van der Waals surface area contributed by atoms with Crippen LogP contribution in [0.3, 0.4) is 0 Å². The van der Waals surface area contributed by atoms with E-state index in [1.54, 1.807) is 23.4 Å². The van der Waals surface area contributed by atoms with Crippen LogP contribution in [0.2, 0.25) is 0 Å². The highest BCUT2D eigenvalue weighted by Crippen LogP contribution is 2.40. The summed E-state index contributed by atoms with van der Waals surface area (Å²) in [6, 6.07) is 18.0. The van der Waals surface area contributed by atoms with Gasteiger partial charge in [0.1, 0.15) is 11.6 Å². The Morgan fingerprint density at radius 3 is 2.56 bits per heavy atom. The standard InChI is InChI=1S/C23H21N7OS/c1-28-21(31)17-9-5-6-10-18(17)30-19(24-26-22(28)30)14-32-23-27-25-20(16-11-12-16)29(23)13-15-7-3-2-4-8-15/h2-10,16H,11-14H2,1H3. The van der Waals surface area contributed by atoms with Gasteiger partial charge in [0, 0.05) is 13.0 Å². The lowest BCUT2D eigenvalue weighted by Crippen LogP contribution is -2.20. The molecule has 160 valence electrons. The van der Waals surface area contributed by atoms with Crippen LogP contribution in [0.5, 0.6) is 0 Å². The summed E-state index contributed by atoms with van der Waals surface area (Å²) in [6.45, 7) is 0.750. The molecule has 8 nitrogen and oxygen atoms in total. The van der Waals surface area contributed by atoms with E-state index in [0.717, 1.165) is 28.9 Å². The lowest BCUT2D eigenvalue weighted by Gasteiger charge is -2.10. The van der Waals surface area contributed by atoms with Crippen LogP contribution in [-0.2, 0) is 19.3 Å². The van der Waals surface area contributed by atoms with E-state index in [1.165, 1.54) is 18.4 Å². The van der Waals surface area contributed by atoms with E-state index >= 15 is 0 Å². The monoisotopic (exact) mass is 443 g/mol. The highest BCUT2D eigenvalue weighted by atomic mass is 32.2. The SMILES string of the molecule is Cn1c(=O)c2ccccc2n2c(CSc3nnc(C4CC4)n3Cc3ccccc3)nnc12. The maximum absolute atomic E-state index is 12.7. The van der Waals surface area contributed by atoms with Gasteiger partial charge in [-0.2, -0.15) is 0 Å². The Hall–Kier alpha value is -3.46. The summed E-state index contributed by atoms with van der Waals surface area (Å²) in [6.07, 6.45) is 2.35. The highest BCUT2D eigenvalue weighted by molar-refractivity contribution is 7.98. The van der Waals surface area contributed by atoms with Crippen molar-refractivity contribution in [1.29, 1.82) is 0 Å². The molecular formula is C23H21N7OS. The number of fused-ring (bicyclic) bond motifs is 3. The predicted octanol–water partition coefficient (Wildman–Crippen LogP) is 3.39. The molecular weight excluding hydrogens is 422 g/mol. The zero-order valence-electron chi connectivity index (χ0n) is 17.5. The molecule has 5 aromatic rings. The summed E-state index contributed by atoms with van der Waals surface area (Å²) < 4.78 is 5.74. The number of aryl methyl sites for hydroxylation is 1. The van der Waals surface area contributed by atoms with E-state index in [2.05, 4.69) is 49.2 Å². The summed E-state index contributed by atoms with van der Waals surface area (Å²) >= 11 is 1.60. The van der Waals surface area contributed by atoms with Gasteiger partial charge in [0.25, 0.3) is 5.56 Å². The number of nitrogens with zero attached hydrogens (tertiary/aromatic N) is 7. The van der Waals surface area contributed by atoms with E-state index in [0.29, 0.717) is 22.8 Å². The fourth-order valence-electron chi connectivity index (χ4n) is 4.08. The zero-order valence-corrected chi connectivity index (χ0v) is 18.4. The van der Waals surface area contributed by atoms with Gasteiger partial charge in [-0.3, -0.25) is 13.8 Å². The first-order chi connectivity index (χ1) is 15.7. The maximum atomic E-state index is 12.7. The average Bonchev–Trinajstić information content (AvgIpc) is 3.46. The third kappa shape index (κ3) is 3.20. The normalized spacial score (nSPS) is 13.9. The minimum absolute atomic E-state index is 0.0728. The van der Waals surface area contributed by atoms with E-state index in [9.17, 15) is 4.79 Å². The molecule has 0 unspecified atom stereocenters. The topological polar surface area (TPSA) is 82.9 Å². The van der Waals surface area contributed by atoms with Gasteiger partial charge in [0.15, 0.2) is 5.16 Å². The number of thioether (sulfide) groups is 1. The van der Waals surface area contributed by atoms with Crippen LogP contribution in [0, 0.1) is 0 Å². The van der Waals surface area contributed by atoms with Gasteiger partial charge in [-0.05, 0) is 30.5 Å². The minimum atomic E-state index is -0.0728. The molecule has 0 bridgehead atoms. The average molecular weight is 444 g/mol. The predicted molar refractivity (Wildman–Crippen MR) is 123 cm³/mol. The highest BCUT2D eigenvalue weighted by Gasteiger charge is 2.30. The van der Waals surface area contributed by atoms with Gasteiger partial charge < -0.3 is 4.57 Å². The van der Waals surface area contributed by atoms with Crippen molar-refractivity contribution >= 4 is 28.4 Å². The lowest BCUT2D eigenvalue weighted by atomic mass is 10.2. The molecule has 1 saturated carbocycles. The van der Waals surface area contributed by atoms with E-state index in [4.69, 9.17) is 0 Å². The van der Waals surface area contributed by atoms with Crippen molar-refractivity contribution in [1.82, 2.24) is 33.9 Å². The van der Waals surface area contributed by atoms with Crippen molar-refractivity contribution in [2.75, 3.05) is 0 Å². The first kappa shape index (κ1) is 19.2. The van der Waals surface area contributed by atoms with Crippen molar-refractivity contribution in [2.24, 2.45) is 7.05 Å². The zero-order chi connectivity index (χ0) is 21.7. The largest absolute Gasteiger partial charge is 0.301 e. The number of hydrogen-bond acceptors (Lipinski definition) is 6. The molecule has 6 rings (SSSR count). The van der Waals surface area contributed by atoms with Crippen LogP contribution < -0.4 is 5.56 Å². The molecule has 0 spiro atoms. The van der Waals surface area contributed by atoms with Crippen LogP contribution in [0.1, 0.15) is 36.0 Å². The van der Waals surface area contributed by atoms with Crippen LogP contribution in [0.4, 0.5) is 0 Å². The molecule has 1 fully saturated rings. The Labute approximate surface area is 187 Å². The van der Waals surface area contributed by atoms with Gasteiger partial charge in [0.2, 0.25) is 5.78 Å². The molecule has 3 heterocycles. The quantitative estimate of drug-likeness (QED) is 0.374. The Morgan fingerprint density at radius 2 is 1.75 bits per heavy atom. The summed E-state index contributed by atoms with van der Waals surface area (Å²) in [5.74, 6) is 3.46. The third-order valence-electron chi connectivity index (χ3n) is 5.89. The lowest BCUT2D eigenvalue weighted by molar-refractivity contribution is 0.667. The second kappa shape index (κ2) is 7.59. The van der Waals surface area contributed by atoms with E-state index in [-0.39, 0.29) is 5.56 Å². The first-order valence-electron chi connectivity index (χ1n) is 10.6. The molecule has 0 saturated heterocycles. The van der Waals surface area contributed by atoms with Crippen molar-refractivity contribution in [3.05, 3.63) is 82.2 Å². The fraction of sp³-hybridized carbons (Fsp3) is 0.261. The van der Waals surface area contributed by atoms with Crippen molar-refractivity contribution in [3.8, 4) is 0 Å². The van der Waals surface area contributed by atoms with Crippen LogP contribution in [0.15, 0.2) is 64.5 Å². The number of hydrogen-bond donors (Lipinski definition) is 0. The van der Waals surface area contributed by atoms with E-state index in [1.807, 2.05) is 34.7 Å². The molecule has 0 atom stereocenters. The van der Waals surface area contributed by atoms with Crippen molar-refractivity contribution in [2.45, 2.75) is 36.2 Å². The second-order valence-electron chi connectivity index (χ2n) is 8.11. The summed E-state index contributed by atoms with van der Waals surface area (Å²) in [5, 5.41) is 19.3. The molecule has 0 N–H and O–H groups in total. The smallest absolute Gasteiger partial charge is 0.262 e. The van der Waals surface area contributed by atoms with Crippen LogP contribution >= 0.6 is 11.8 Å². The number of para-hydroxylation sites is 1. The Bertz CT molecular complexity index is 1500. The molecule has 1 aliphatic carbocycles. The van der Waals surface area contributed by atoms with Gasteiger partial charge >= 0.3 is 0 Å². The number of rotatable bonds is 6. The van der Waals surface area contributed by atoms with Gasteiger partial charge in [-0.1, -0.05) is 54.2 Å². The molecule has 0 aliphatic heterocycles. The van der Waals surface area contributed by atoms with Gasteiger partial charge in [-0.15, -0.1) is 20.4 Å². The first-order valence-corrected chi connectivity index (χ1v) is 11.6. The molecule has 0 radical (unpaired) electrons. The molecule has 1 aliphatic rings. The summed E-state index contributed by atoms with van der Waals surface area (Å²) in [4.78, 5) is 12.7. The Morgan fingerprint density at radius 1 is 0.969 bits per heavy atom. The maximum Gasteiger partial charge on any atom is 0.262 e. The van der Waals surface area contributed by atoms with Crippen LogP contribution in [-0.4, -0.2) is 33.9 Å². The molecule has 3 aromatic heterocycles.